The van der Waals surface area contributed by atoms with E-state index < -0.39 is 0 Å². The number of nitrogens with zero attached hydrogens (tertiary/aromatic N) is 2. The molecule has 0 amide bonds. The molecule has 0 fully saturated rings. The molecule has 0 aliphatic carbocycles. The van der Waals surface area contributed by atoms with E-state index in [0.29, 0.717) is 10.3 Å². The highest BCUT2D eigenvalue weighted by atomic mass is 79.9. The summed E-state index contributed by atoms with van der Waals surface area (Å²) in [4.78, 5) is 5.17. The van der Waals surface area contributed by atoms with Gasteiger partial charge in [0.2, 0.25) is 0 Å². The molecule has 130 valence electrons. The smallest absolute Gasteiger partial charge is 0.0946 e. The third-order valence-electron chi connectivity index (χ3n) is 3.83. The summed E-state index contributed by atoms with van der Waals surface area (Å²) in [5, 5.41) is 1.82. The predicted octanol–water partition coefficient (Wildman–Crippen LogP) is 6.75. The fourth-order valence-electron chi connectivity index (χ4n) is 2.54. The Morgan fingerprint density at radius 1 is 1.12 bits per heavy atom. The summed E-state index contributed by atoms with van der Waals surface area (Å²) in [7, 11) is 0. The fourth-order valence-corrected chi connectivity index (χ4v) is 4.51. The zero-order chi connectivity index (χ0) is 17.6. The topological polar surface area (TPSA) is 17.8 Å². The zero-order valence-corrected chi connectivity index (χ0v) is 17.3. The van der Waals surface area contributed by atoms with E-state index in [1.807, 2.05) is 36.9 Å². The minimum atomic E-state index is 0.369. The Hall–Kier alpha value is -0.940. The Morgan fingerprint density at radius 2 is 1.92 bits per heavy atom. The van der Waals surface area contributed by atoms with Gasteiger partial charge < -0.3 is 4.57 Å². The van der Waals surface area contributed by atoms with Gasteiger partial charge in [0.25, 0.3) is 0 Å². The van der Waals surface area contributed by atoms with E-state index >= 15 is 0 Å². The van der Waals surface area contributed by atoms with Gasteiger partial charge in [0.15, 0.2) is 0 Å². The van der Waals surface area contributed by atoms with Crippen LogP contribution in [0.5, 0.6) is 0 Å². The third kappa shape index (κ3) is 5.78. The molecule has 2 nitrogen and oxygen atoms in total. The van der Waals surface area contributed by atoms with E-state index in [2.05, 4.69) is 49.7 Å². The minimum Gasteiger partial charge on any atom is -0.336 e. The van der Waals surface area contributed by atoms with Crippen LogP contribution in [0.3, 0.4) is 0 Å². The van der Waals surface area contributed by atoms with Crippen molar-refractivity contribution in [1.82, 2.24) is 9.55 Å². The Kier molecular flexibility index (Phi) is 6.88. The molecule has 1 atom stereocenters. The van der Waals surface area contributed by atoms with Crippen molar-refractivity contribution in [2.45, 2.75) is 29.5 Å². The maximum atomic E-state index is 6.35. The Morgan fingerprint density at radius 3 is 2.64 bits per heavy atom. The maximum absolute atomic E-state index is 6.35. The molecule has 0 N–H and O–H groups in total. The second-order valence-electron chi connectivity index (χ2n) is 5.74. The normalized spacial score (nSPS) is 12.3. The molecule has 3 aromatic rings. The molecule has 0 bridgehead atoms. The average Bonchev–Trinajstić information content (AvgIpc) is 3.10. The van der Waals surface area contributed by atoms with E-state index in [1.165, 1.54) is 5.56 Å². The summed E-state index contributed by atoms with van der Waals surface area (Å²) >= 11 is 17.8. The molecule has 25 heavy (non-hydrogen) atoms. The van der Waals surface area contributed by atoms with E-state index in [9.17, 15) is 0 Å². The summed E-state index contributed by atoms with van der Waals surface area (Å²) in [5.41, 5.74) is 1.33. The van der Waals surface area contributed by atoms with Crippen LogP contribution in [0.4, 0.5) is 0 Å². The van der Waals surface area contributed by atoms with E-state index in [4.69, 9.17) is 23.2 Å². The first-order chi connectivity index (χ1) is 12.1. The molecule has 1 unspecified atom stereocenters. The van der Waals surface area contributed by atoms with Gasteiger partial charge in [-0.1, -0.05) is 51.3 Å². The van der Waals surface area contributed by atoms with Gasteiger partial charge in [0.1, 0.15) is 0 Å². The number of hydrogen-bond donors (Lipinski definition) is 0. The number of imidazole rings is 1. The standard InChI is InChI=1S/C19H17BrCl2N2S/c20-15-4-1-14(2-5-15)3-7-17(12-24-10-9-23-13-24)25-19-11-16(21)6-8-18(19)22/h1-2,4-6,8-11,13,17H,3,7,12H2. The van der Waals surface area contributed by atoms with Crippen molar-refractivity contribution in [3.8, 4) is 0 Å². The lowest BCUT2D eigenvalue weighted by Crippen LogP contribution is -2.13. The van der Waals surface area contributed by atoms with Crippen LogP contribution in [0.1, 0.15) is 12.0 Å². The lowest BCUT2D eigenvalue weighted by Gasteiger charge is -2.18. The summed E-state index contributed by atoms with van der Waals surface area (Å²) in [6.45, 7) is 0.879. The second kappa shape index (κ2) is 9.13. The van der Waals surface area contributed by atoms with Crippen LogP contribution in [0, 0.1) is 0 Å². The van der Waals surface area contributed by atoms with E-state index in [1.54, 1.807) is 11.8 Å². The number of thioether (sulfide) groups is 1. The molecule has 2 aromatic carbocycles. The number of benzene rings is 2. The predicted molar refractivity (Wildman–Crippen MR) is 111 cm³/mol. The zero-order valence-electron chi connectivity index (χ0n) is 13.4. The van der Waals surface area contributed by atoms with Crippen LogP contribution in [0.15, 0.2) is 70.6 Å². The summed E-state index contributed by atoms with van der Waals surface area (Å²) in [5.74, 6) is 0. The van der Waals surface area contributed by atoms with Crippen LogP contribution >= 0.6 is 50.9 Å². The van der Waals surface area contributed by atoms with Crippen LogP contribution in [-0.4, -0.2) is 14.8 Å². The number of hydrogen-bond acceptors (Lipinski definition) is 2. The first-order valence-electron chi connectivity index (χ1n) is 7.92. The quantitative estimate of drug-likeness (QED) is 0.367. The van der Waals surface area contributed by atoms with Gasteiger partial charge in [-0.2, -0.15) is 0 Å². The van der Waals surface area contributed by atoms with Crippen molar-refractivity contribution >= 4 is 50.9 Å². The number of aromatic nitrogens is 2. The van der Waals surface area contributed by atoms with Crippen molar-refractivity contribution in [1.29, 1.82) is 0 Å². The molecule has 0 saturated heterocycles. The van der Waals surface area contributed by atoms with Crippen molar-refractivity contribution < 1.29 is 0 Å². The maximum Gasteiger partial charge on any atom is 0.0946 e. The minimum absolute atomic E-state index is 0.369. The van der Waals surface area contributed by atoms with Gasteiger partial charge >= 0.3 is 0 Å². The van der Waals surface area contributed by atoms with Gasteiger partial charge in [-0.25, -0.2) is 4.98 Å². The first-order valence-corrected chi connectivity index (χ1v) is 10.3. The Labute approximate surface area is 170 Å². The van der Waals surface area contributed by atoms with E-state index in [-0.39, 0.29) is 0 Å². The number of aryl methyl sites for hydroxylation is 1. The molecule has 0 spiro atoms. The van der Waals surface area contributed by atoms with Crippen molar-refractivity contribution in [3.05, 3.63) is 81.3 Å². The largest absolute Gasteiger partial charge is 0.336 e. The summed E-state index contributed by atoms with van der Waals surface area (Å²) < 4.78 is 3.21. The number of halogens is 3. The third-order valence-corrected chi connectivity index (χ3v) is 6.34. The molecular weight excluding hydrogens is 439 g/mol. The number of rotatable bonds is 7. The van der Waals surface area contributed by atoms with Crippen LogP contribution in [0.2, 0.25) is 10.0 Å². The Balaban J connectivity index is 1.72. The summed E-state index contributed by atoms with van der Waals surface area (Å²) in [6, 6.07) is 14.1. The highest BCUT2D eigenvalue weighted by molar-refractivity contribution is 9.10. The van der Waals surface area contributed by atoms with Crippen molar-refractivity contribution in [3.63, 3.8) is 0 Å². The Bertz CT molecular complexity index is 807. The van der Waals surface area contributed by atoms with Gasteiger partial charge in [0, 0.05) is 38.6 Å². The highest BCUT2D eigenvalue weighted by Crippen LogP contribution is 2.35. The van der Waals surface area contributed by atoms with Crippen molar-refractivity contribution in [2.24, 2.45) is 0 Å². The molecule has 1 aromatic heterocycles. The van der Waals surface area contributed by atoms with Crippen LogP contribution < -0.4 is 0 Å². The second-order valence-corrected chi connectivity index (χ2v) is 8.84. The van der Waals surface area contributed by atoms with Gasteiger partial charge in [-0.15, -0.1) is 11.8 Å². The van der Waals surface area contributed by atoms with E-state index in [0.717, 1.165) is 33.8 Å². The molecule has 3 rings (SSSR count). The van der Waals surface area contributed by atoms with Gasteiger partial charge in [0.05, 0.1) is 11.3 Å². The lowest BCUT2D eigenvalue weighted by molar-refractivity contribution is 0.624. The summed E-state index contributed by atoms with van der Waals surface area (Å²) in [6.07, 6.45) is 7.70. The SMILES string of the molecule is Clc1ccc(Cl)c(SC(CCc2ccc(Br)cc2)Cn2ccnc2)c1. The van der Waals surface area contributed by atoms with Crippen molar-refractivity contribution in [2.75, 3.05) is 0 Å². The first kappa shape index (κ1) is 18.8. The van der Waals surface area contributed by atoms with Crippen LogP contribution in [-0.2, 0) is 13.0 Å². The highest BCUT2D eigenvalue weighted by Gasteiger charge is 2.14. The average molecular weight is 456 g/mol. The molecule has 6 heteroatoms. The lowest BCUT2D eigenvalue weighted by atomic mass is 10.1. The molecule has 1 heterocycles. The molecule has 0 radical (unpaired) electrons. The van der Waals surface area contributed by atoms with Crippen LogP contribution in [0.25, 0.3) is 0 Å². The molecule has 0 aliphatic heterocycles. The van der Waals surface area contributed by atoms with Gasteiger partial charge in [-0.05, 0) is 48.7 Å². The monoisotopic (exact) mass is 454 g/mol. The molecule has 0 saturated carbocycles. The fraction of sp³-hybridized carbons (Fsp3) is 0.211. The molecule has 0 aliphatic rings. The van der Waals surface area contributed by atoms with Gasteiger partial charge in [-0.3, -0.25) is 0 Å². The molecular formula is C19H17BrCl2N2S.